The number of urea groups is 1. The lowest BCUT2D eigenvalue weighted by Crippen LogP contribution is -2.45. The van der Waals surface area contributed by atoms with Crippen LogP contribution in [-0.4, -0.2) is 41.6 Å². The molecule has 0 aliphatic carbocycles. The van der Waals surface area contributed by atoms with Crippen LogP contribution in [0.5, 0.6) is 0 Å². The zero-order valence-electron chi connectivity index (χ0n) is 11.5. The highest BCUT2D eigenvalue weighted by molar-refractivity contribution is 7.07. The van der Waals surface area contributed by atoms with E-state index in [-0.39, 0.29) is 17.9 Å². The largest absolute Gasteiger partial charge is 0.466 e. The Morgan fingerprint density at radius 1 is 1.50 bits per heavy atom. The number of rotatable bonds is 4. The van der Waals surface area contributed by atoms with Crippen LogP contribution in [0.4, 0.5) is 4.79 Å². The number of ether oxygens (including phenoxy) is 1. The first-order chi connectivity index (χ1) is 9.70. The molecular formula is C13H19N3O3S. The van der Waals surface area contributed by atoms with Crippen LogP contribution in [0.1, 0.15) is 25.5 Å². The lowest BCUT2D eigenvalue weighted by atomic mass is 9.97. The molecule has 0 aromatic carbocycles. The number of esters is 1. The number of aromatic nitrogens is 1. The summed E-state index contributed by atoms with van der Waals surface area (Å²) in [5, 5.41) is 4.75. The molecule has 2 amide bonds. The number of amides is 2. The highest BCUT2D eigenvalue weighted by Gasteiger charge is 2.28. The van der Waals surface area contributed by atoms with E-state index in [1.807, 2.05) is 5.38 Å². The van der Waals surface area contributed by atoms with E-state index in [0.717, 1.165) is 5.69 Å². The van der Waals surface area contributed by atoms with Gasteiger partial charge < -0.3 is 15.0 Å². The summed E-state index contributed by atoms with van der Waals surface area (Å²) in [6, 6.07) is -0.0969. The van der Waals surface area contributed by atoms with Gasteiger partial charge in [-0.05, 0) is 19.8 Å². The lowest BCUT2D eigenvalue weighted by molar-refractivity contribution is -0.149. The van der Waals surface area contributed by atoms with Crippen LogP contribution < -0.4 is 5.32 Å². The summed E-state index contributed by atoms with van der Waals surface area (Å²) in [7, 11) is 0. The van der Waals surface area contributed by atoms with Crippen LogP contribution in [0.3, 0.4) is 0 Å². The maximum absolute atomic E-state index is 12.0. The van der Waals surface area contributed by atoms with E-state index in [9.17, 15) is 9.59 Å². The summed E-state index contributed by atoms with van der Waals surface area (Å²) in [4.78, 5) is 29.4. The quantitative estimate of drug-likeness (QED) is 0.857. The molecule has 0 radical (unpaired) electrons. The Balaban J connectivity index is 1.73. The molecule has 1 N–H and O–H groups in total. The fourth-order valence-electron chi connectivity index (χ4n) is 2.18. The van der Waals surface area contributed by atoms with Crippen molar-refractivity contribution in [2.45, 2.75) is 26.3 Å². The van der Waals surface area contributed by atoms with Gasteiger partial charge >= 0.3 is 12.0 Å². The molecule has 1 aromatic heterocycles. The van der Waals surface area contributed by atoms with Crippen molar-refractivity contribution in [2.75, 3.05) is 19.7 Å². The van der Waals surface area contributed by atoms with Gasteiger partial charge in [-0.15, -0.1) is 11.3 Å². The van der Waals surface area contributed by atoms with Crippen molar-refractivity contribution < 1.29 is 14.3 Å². The predicted octanol–water partition coefficient (Wildman–Crippen LogP) is 1.63. The molecule has 1 aliphatic heterocycles. The minimum atomic E-state index is -0.143. The number of nitrogens with zero attached hydrogens (tertiary/aromatic N) is 2. The van der Waals surface area contributed by atoms with Crippen molar-refractivity contribution in [3.8, 4) is 0 Å². The molecule has 0 saturated carbocycles. The zero-order chi connectivity index (χ0) is 14.4. The Kier molecular flexibility index (Phi) is 5.34. The molecule has 2 heterocycles. The molecule has 1 aliphatic rings. The van der Waals surface area contributed by atoms with E-state index in [1.54, 1.807) is 17.3 Å². The number of piperidine rings is 1. The molecule has 0 bridgehead atoms. The van der Waals surface area contributed by atoms with Crippen LogP contribution >= 0.6 is 11.3 Å². The molecule has 0 unspecified atom stereocenters. The summed E-state index contributed by atoms with van der Waals surface area (Å²) >= 11 is 1.51. The first-order valence-electron chi connectivity index (χ1n) is 6.77. The molecule has 0 spiro atoms. The van der Waals surface area contributed by atoms with Crippen LogP contribution in [0, 0.1) is 5.92 Å². The van der Waals surface area contributed by atoms with Crippen molar-refractivity contribution in [3.05, 3.63) is 16.6 Å². The molecule has 6 nitrogen and oxygen atoms in total. The number of carbonyl (C=O) groups excluding carboxylic acids is 2. The third kappa shape index (κ3) is 3.93. The highest BCUT2D eigenvalue weighted by Crippen LogP contribution is 2.18. The highest BCUT2D eigenvalue weighted by atomic mass is 32.1. The van der Waals surface area contributed by atoms with E-state index in [0.29, 0.717) is 39.1 Å². The SMILES string of the molecule is CCOC(=O)C1CCN(C(=O)NCc2cscn2)CC1. The van der Waals surface area contributed by atoms with E-state index in [2.05, 4.69) is 10.3 Å². The molecule has 0 atom stereocenters. The second kappa shape index (κ2) is 7.23. The molecular weight excluding hydrogens is 278 g/mol. The minimum Gasteiger partial charge on any atom is -0.466 e. The first-order valence-corrected chi connectivity index (χ1v) is 7.71. The van der Waals surface area contributed by atoms with E-state index in [1.165, 1.54) is 11.3 Å². The summed E-state index contributed by atoms with van der Waals surface area (Å²) < 4.78 is 5.01. The van der Waals surface area contributed by atoms with Gasteiger partial charge in [0.05, 0.1) is 30.3 Å². The maximum Gasteiger partial charge on any atom is 0.317 e. The summed E-state index contributed by atoms with van der Waals surface area (Å²) in [5.74, 6) is -0.215. The smallest absolute Gasteiger partial charge is 0.317 e. The van der Waals surface area contributed by atoms with Crippen LogP contribution in [-0.2, 0) is 16.1 Å². The Labute approximate surface area is 122 Å². The molecule has 20 heavy (non-hydrogen) atoms. The lowest BCUT2D eigenvalue weighted by Gasteiger charge is -2.30. The average Bonchev–Trinajstić information content (AvgIpc) is 2.98. The molecule has 110 valence electrons. The van der Waals surface area contributed by atoms with Gasteiger partial charge in [-0.2, -0.15) is 0 Å². The minimum absolute atomic E-state index is 0.0717. The number of carbonyl (C=O) groups is 2. The predicted molar refractivity (Wildman–Crippen MR) is 75.3 cm³/mol. The Morgan fingerprint density at radius 3 is 2.85 bits per heavy atom. The Morgan fingerprint density at radius 2 is 2.25 bits per heavy atom. The van der Waals surface area contributed by atoms with E-state index in [4.69, 9.17) is 4.74 Å². The Bertz CT molecular complexity index is 442. The van der Waals surface area contributed by atoms with Crippen LogP contribution in [0.25, 0.3) is 0 Å². The van der Waals surface area contributed by atoms with Crippen molar-refractivity contribution in [2.24, 2.45) is 5.92 Å². The first kappa shape index (κ1) is 14.8. The summed E-state index contributed by atoms with van der Waals surface area (Å²) in [5.41, 5.74) is 2.61. The average molecular weight is 297 g/mol. The van der Waals surface area contributed by atoms with Crippen LogP contribution in [0.15, 0.2) is 10.9 Å². The molecule has 7 heteroatoms. The van der Waals surface area contributed by atoms with Crippen molar-refractivity contribution in [3.63, 3.8) is 0 Å². The molecule has 1 aromatic rings. The topological polar surface area (TPSA) is 71.5 Å². The molecule has 1 saturated heterocycles. The van der Waals surface area contributed by atoms with Gasteiger partial charge in [0.2, 0.25) is 0 Å². The monoisotopic (exact) mass is 297 g/mol. The molecule has 2 rings (SSSR count). The number of hydrogen-bond acceptors (Lipinski definition) is 5. The van der Waals surface area contributed by atoms with Gasteiger partial charge in [0.15, 0.2) is 0 Å². The van der Waals surface area contributed by atoms with Gasteiger partial charge in [-0.3, -0.25) is 4.79 Å². The van der Waals surface area contributed by atoms with Gasteiger partial charge in [0.25, 0.3) is 0 Å². The third-order valence-electron chi connectivity index (χ3n) is 3.31. The summed E-state index contributed by atoms with van der Waals surface area (Å²) in [6.07, 6.45) is 1.34. The second-order valence-corrected chi connectivity index (χ2v) is 5.37. The van der Waals surface area contributed by atoms with Crippen molar-refractivity contribution in [1.82, 2.24) is 15.2 Å². The number of thiazole rings is 1. The van der Waals surface area contributed by atoms with Crippen molar-refractivity contribution in [1.29, 1.82) is 0 Å². The van der Waals surface area contributed by atoms with Gasteiger partial charge in [0.1, 0.15) is 0 Å². The van der Waals surface area contributed by atoms with E-state index >= 15 is 0 Å². The Hall–Kier alpha value is -1.63. The number of nitrogens with one attached hydrogen (secondary N) is 1. The number of hydrogen-bond donors (Lipinski definition) is 1. The fraction of sp³-hybridized carbons (Fsp3) is 0.615. The van der Waals surface area contributed by atoms with Crippen LogP contribution in [0.2, 0.25) is 0 Å². The van der Waals surface area contributed by atoms with Gasteiger partial charge in [-0.1, -0.05) is 0 Å². The summed E-state index contributed by atoms with van der Waals surface area (Å²) in [6.45, 7) is 3.84. The zero-order valence-corrected chi connectivity index (χ0v) is 12.3. The standard InChI is InChI=1S/C13H19N3O3S/c1-2-19-12(17)10-3-5-16(6-4-10)13(18)14-7-11-8-20-9-15-11/h8-10H,2-7H2,1H3,(H,14,18). The normalized spacial score (nSPS) is 15.9. The third-order valence-corrected chi connectivity index (χ3v) is 3.94. The van der Waals surface area contributed by atoms with Gasteiger partial charge in [0, 0.05) is 18.5 Å². The van der Waals surface area contributed by atoms with Gasteiger partial charge in [-0.25, -0.2) is 9.78 Å². The number of likely N-dealkylation sites (tertiary alicyclic amines) is 1. The van der Waals surface area contributed by atoms with Crippen molar-refractivity contribution >= 4 is 23.3 Å². The van der Waals surface area contributed by atoms with E-state index < -0.39 is 0 Å². The fourth-order valence-corrected chi connectivity index (χ4v) is 2.74. The second-order valence-electron chi connectivity index (χ2n) is 4.65. The molecule has 1 fully saturated rings. The maximum atomic E-state index is 12.0.